The number of aliphatic hydroxyl groups excluding tert-OH is 2. The molecule has 1 aliphatic rings. The van der Waals surface area contributed by atoms with Crippen molar-refractivity contribution in [2.75, 3.05) is 48.8 Å². The van der Waals surface area contributed by atoms with Gasteiger partial charge in [0.25, 0.3) is 0 Å². The Hall–Kier alpha value is -6.21. The monoisotopic (exact) mass is 1260 g/mol. The molecule has 25 nitrogen and oxygen atoms in total. The molecular formula is C64H115N11O14. The number of nitrogens with zero attached hydrogens (tertiary/aromatic N) is 6. The average molecular weight is 1260 g/mol. The number of hydrogen-bond donors (Lipinski definition) is 7. The molecule has 7 N–H and O–H groups in total. The third kappa shape index (κ3) is 24.2. The number of likely N-dealkylation sites (N-methyl/N-ethyl adjacent to an activating group) is 6. The molecule has 1 aliphatic heterocycles. The van der Waals surface area contributed by atoms with Crippen LogP contribution in [0.3, 0.4) is 0 Å². The van der Waals surface area contributed by atoms with E-state index in [1.54, 1.807) is 67.5 Å². The number of hydrogen-bond acceptors (Lipinski definition) is 14. The van der Waals surface area contributed by atoms with Gasteiger partial charge >= 0.3 is 0 Å². The van der Waals surface area contributed by atoms with Gasteiger partial charge in [-0.15, -0.1) is 0 Å². The number of amides is 11. The van der Waals surface area contributed by atoms with Crippen LogP contribution in [-0.4, -0.2) is 238 Å². The van der Waals surface area contributed by atoms with Gasteiger partial charge < -0.3 is 70.9 Å². The molecule has 1 heterocycles. The lowest BCUT2D eigenvalue weighted by atomic mass is 9.91. The zero-order valence-corrected chi connectivity index (χ0v) is 58.3. The zero-order valence-electron chi connectivity index (χ0n) is 58.3. The lowest BCUT2D eigenvalue weighted by molar-refractivity contribution is -0.155. The van der Waals surface area contributed by atoms with Gasteiger partial charge in [-0.25, -0.2) is 0 Å². The molecule has 89 heavy (non-hydrogen) atoms. The van der Waals surface area contributed by atoms with E-state index in [0.717, 1.165) is 14.7 Å². The molecule has 0 aromatic rings. The smallest absolute Gasteiger partial charge is 0.248 e. The first-order valence-corrected chi connectivity index (χ1v) is 31.6. The van der Waals surface area contributed by atoms with Crippen LogP contribution in [0.25, 0.3) is 0 Å². The highest BCUT2D eigenvalue weighted by Crippen LogP contribution is 2.25. The molecule has 0 bridgehead atoms. The van der Waals surface area contributed by atoms with Crippen molar-refractivity contribution in [2.24, 2.45) is 35.5 Å². The SMILES string of the molecule is CC=CC[C@@H](C)[C@@H](O)[C@H]1C(=O)N[C@@H]([C@@H](C)O)C(=O)N(C)CC(=O)N(C)[C@@H](C(C)OC(C)(C)C)C(=O)N[C@@H](CC(C)C)C(=O)N(C)[C@@H](CC(C)C)C(=O)N[C@@H](C)C(=O)N[C@H](C)C(=O)N(C)[C@@H](CC(C)C)C(=O)N[C@@H](CC(C)C)C(=O)N(C)[C@@H](C(C)C)C(=O)N1C. The Bertz CT molecular complexity index is 2440. The summed E-state index contributed by atoms with van der Waals surface area (Å²) in [4.78, 5) is 167. The van der Waals surface area contributed by atoms with Crippen LogP contribution in [0.2, 0.25) is 0 Å². The number of ether oxygens (including phenoxy) is 1. The van der Waals surface area contributed by atoms with E-state index in [1.807, 2.05) is 55.4 Å². The van der Waals surface area contributed by atoms with E-state index in [-0.39, 0.29) is 55.8 Å². The molecule has 0 radical (unpaired) electrons. The van der Waals surface area contributed by atoms with E-state index in [9.17, 15) is 58.2 Å². The van der Waals surface area contributed by atoms with Gasteiger partial charge in [-0.1, -0.05) is 88.3 Å². The quantitative estimate of drug-likeness (QED) is 0.109. The normalized spacial score (nSPS) is 27.0. The summed E-state index contributed by atoms with van der Waals surface area (Å²) in [6.45, 7) is 31.7. The first-order chi connectivity index (χ1) is 40.8. The molecule has 0 saturated carbocycles. The Morgan fingerprint density at radius 3 is 1.35 bits per heavy atom. The standard InChI is InChI=1S/C64H115N11O14/c1-26-27-28-39(12)53(78)52-58(83)69-49(42(15)76)62(87)70(20)33-48(77)73(23)51(43(16)89-64(17,18)19)57(82)68-44(29-34(2)3)60(85)72(22)46(31-36(6)7)55(80)65-40(13)54(79)66-41(14)59(84)71(21)47(32-37(8)9)56(81)67-45(30-35(4)5)61(86)74(24)50(38(10)11)63(88)75(52)25/h26-27,34-47,49-53,76,78H,28-33H2,1-25H3,(H,65,80)(H,66,79)(H,67,81)(H,68,82)(H,69,83)/t39-,40+,41-,42-,43?,44+,45+,46+,47+,49+,50+,51+,52+,53-/m1/s1. The Morgan fingerprint density at radius 2 is 0.910 bits per heavy atom. The molecule has 1 rings (SSSR count). The first kappa shape index (κ1) is 80.8. The summed E-state index contributed by atoms with van der Waals surface area (Å²) in [5.74, 6) is -10.7. The van der Waals surface area contributed by atoms with Gasteiger partial charge in [0.05, 0.1) is 30.5 Å². The lowest BCUT2D eigenvalue weighted by Crippen LogP contribution is -2.64. The fourth-order valence-corrected chi connectivity index (χ4v) is 11.0. The van der Waals surface area contributed by atoms with Crippen LogP contribution in [0.4, 0.5) is 0 Å². The van der Waals surface area contributed by atoms with E-state index >= 15 is 4.79 Å². The van der Waals surface area contributed by atoms with Crippen molar-refractivity contribution in [3.63, 3.8) is 0 Å². The summed E-state index contributed by atoms with van der Waals surface area (Å²) in [5, 5.41) is 36.9. The molecule has 0 aromatic heterocycles. The van der Waals surface area contributed by atoms with Gasteiger partial charge in [-0.05, 0) is 123 Å². The summed E-state index contributed by atoms with van der Waals surface area (Å²) >= 11 is 0. The maximum Gasteiger partial charge on any atom is 0.248 e. The molecule has 1 unspecified atom stereocenters. The van der Waals surface area contributed by atoms with E-state index in [4.69, 9.17) is 4.74 Å². The van der Waals surface area contributed by atoms with Crippen molar-refractivity contribution in [1.29, 1.82) is 0 Å². The second-order valence-electron chi connectivity index (χ2n) is 27.6. The van der Waals surface area contributed by atoms with Gasteiger partial charge in [0.15, 0.2) is 0 Å². The maximum absolute atomic E-state index is 15.1. The molecule has 0 aromatic carbocycles. The van der Waals surface area contributed by atoms with Crippen LogP contribution in [0.1, 0.15) is 164 Å². The molecule has 1 fully saturated rings. The van der Waals surface area contributed by atoms with E-state index in [2.05, 4.69) is 26.6 Å². The van der Waals surface area contributed by atoms with Crippen molar-refractivity contribution < 1.29 is 67.7 Å². The fraction of sp³-hybridized carbons (Fsp3) is 0.797. The highest BCUT2D eigenvalue weighted by molar-refractivity contribution is 5.99. The molecule has 1 saturated heterocycles. The van der Waals surface area contributed by atoms with Crippen LogP contribution < -0.4 is 26.6 Å². The molecule has 0 aliphatic carbocycles. The molecular weight excluding hydrogens is 1150 g/mol. The van der Waals surface area contributed by atoms with E-state index < -0.39 is 168 Å². The molecule has 14 atom stereocenters. The number of nitrogens with one attached hydrogen (secondary N) is 5. The van der Waals surface area contributed by atoms with Crippen molar-refractivity contribution in [1.82, 2.24) is 56.0 Å². The van der Waals surface area contributed by atoms with Crippen LogP contribution >= 0.6 is 0 Å². The van der Waals surface area contributed by atoms with Gasteiger partial charge in [0.1, 0.15) is 60.4 Å². The van der Waals surface area contributed by atoms with Crippen molar-refractivity contribution in [2.45, 2.75) is 248 Å². The predicted molar refractivity (Wildman–Crippen MR) is 341 cm³/mol. The summed E-state index contributed by atoms with van der Waals surface area (Å²) in [6.07, 6.45) is -0.119. The number of allylic oxidation sites excluding steroid dienone is 2. The highest BCUT2D eigenvalue weighted by atomic mass is 16.5. The third-order valence-corrected chi connectivity index (χ3v) is 15.9. The van der Waals surface area contributed by atoms with Crippen LogP contribution in [0.5, 0.6) is 0 Å². The second kappa shape index (κ2) is 36.0. The Morgan fingerprint density at radius 1 is 0.494 bits per heavy atom. The summed E-state index contributed by atoms with van der Waals surface area (Å²) < 4.78 is 6.26. The Kier molecular flexibility index (Phi) is 32.7. The van der Waals surface area contributed by atoms with Crippen molar-refractivity contribution >= 4 is 65.0 Å². The third-order valence-electron chi connectivity index (χ3n) is 15.9. The second-order valence-corrected chi connectivity index (χ2v) is 27.6. The van der Waals surface area contributed by atoms with Gasteiger partial charge in [-0.2, -0.15) is 0 Å². The minimum Gasteiger partial charge on any atom is -0.391 e. The van der Waals surface area contributed by atoms with Crippen molar-refractivity contribution in [3.05, 3.63) is 12.2 Å². The largest absolute Gasteiger partial charge is 0.391 e. The highest BCUT2D eigenvalue weighted by Gasteiger charge is 2.46. The van der Waals surface area contributed by atoms with Gasteiger partial charge in [0, 0.05) is 42.3 Å². The predicted octanol–water partition coefficient (Wildman–Crippen LogP) is 2.45. The zero-order chi connectivity index (χ0) is 69.2. The first-order valence-electron chi connectivity index (χ1n) is 31.6. The lowest BCUT2D eigenvalue weighted by Gasteiger charge is -2.40. The number of carbonyl (C=O) groups is 11. The van der Waals surface area contributed by atoms with Crippen LogP contribution in [-0.2, 0) is 57.5 Å². The Labute approximate surface area is 531 Å². The Balaban J connectivity index is 4.42. The number of carbonyl (C=O) groups excluding carboxylic acids is 11. The van der Waals surface area contributed by atoms with Crippen LogP contribution in [0.15, 0.2) is 12.2 Å². The van der Waals surface area contributed by atoms with E-state index in [0.29, 0.717) is 0 Å². The summed E-state index contributed by atoms with van der Waals surface area (Å²) in [7, 11) is 8.04. The molecule has 11 amide bonds. The topological polar surface area (TPSA) is 317 Å². The minimum absolute atomic E-state index is 0.0783. The van der Waals surface area contributed by atoms with Crippen molar-refractivity contribution in [3.8, 4) is 0 Å². The molecule has 25 heteroatoms. The maximum atomic E-state index is 15.1. The summed E-state index contributed by atoms with van der Waals surface area (Å²) in [5.41, 5.74) is -0.865. The van der Waals surface area contributed by atoms with Gasteiger partial charge in [-0.3, -0.25) is 52.7 Å². The van der Waals surface area contributed by atoms with Crippen LogP contribution in [0, 0.1) is 35.5 Å². The number of aliphatic hydroxyl groups is 2. The van der Waals surface area contributed by atoms with Gasteiger partial charge in [0.2, 0.25) is 65.0 Å². The minimum atomic E-state index is -1.78. The molecule has 0 spiro atoms. The number of rotatable bonds is 16. The molecule has 510 valence electrons. The summed E-state index contributed by atoms with van der Waals surface area (Å²) in [6, 6.07) is -13.7. The average Bonchev–Trinajstić information content (AvgIpc) is 3.62. The van der Waals surface area contributed by atoms with E-state index in [1.165, 1.54) is 77.8 Å². The fourth-order valence-electron chi connectivity index (χ4n) is 11.0.